The van der Waals surface area contributed by atoms with Crippen LogP contribution in [0.3, 0.4) is 0 Å². The number of carboxylic acids is 1. The van der Waals surface area contributed by atoms with Gasteiger partial charge in [-0.05, 0) is 24.6 Å². The zero-order valence-corrected chi connectivity index (χ0v) is 10.3. The highest BCUT2D eigenvalue weighted by Crippen LogP contribution is 2.28. The first-order valence-corrected chi connectivity index (χ1v) is 5.44. The van der Waals surface area contributed by atoms with Gasteiger partial charge in [-0.25, -0.2) is 9.18 Å². The largest absolute Gasteiger partial charge is 0.475 e. The van der Waals surface area contributed by atoms with Crippen LogP contribution < -0.4 is 0 Å². The molecule has 6 heteroatoms. The highest BCUT2D eigenvalue weighted by molar-refractivity contribution is 9.10. The summed E-state index contributed by atoms with van der Waals surface area (Å²) in [5, 5.41) is 12.2. The minimum atomic E-state index is -1.24. The number of hydrogen-bond donors (Lipinski definition) is 1. The van der Waals surface area contributed by atoms with Crippen molar-refractivity contribution in [2.24, 2.45) is 0 Å². The number of nitrogens with zero attached hydrogens (tertiary/aromatic N) is 1. The predicted molar refractivity (Wildman–Crippen MR) is 61.3 cm³/mol. The highest BCUT2D eigenvalue weighted by Gasteiger charge is 2.16. The SMILES string of the molecule is Cc1cc(F)c(-c2cc(C(=O)O)on2)cc1Br. The van der Waals surface area contributed by atoms with E-state index in [-0.39, 0.29) is 17.0 Å². The summed E-state index contributed by atoms with van der Waals surface area (Å²) in [6.45, 7) is 1.75. The lowest BCUT2D eigenvalue weighted by atomic mass is 10.1. The fraction of sp³-hybridized carbons (Fsp3) is 0.0909. The molecule has 2 aromatic rings. The Morgan fingerprint density at radius 1 is 1.47 bits per heavy atom. The Hall–Kier alpha value is -1.69. The second-order valence-corrected chi connectivity index (χ2v) is 4.32. The molecule has 0 aliphatic rings. The topological polar surface area (TPSA) is 63.3 Å². The van der Waals surface area contributed by atoms with Crippen molar-refractivity contribution in [2.75, 3.05) is 0 Å². The molecule has 88 valence electrons. The zero-order valence-electron chi connectivity index (χ0n) is 8.70. The molecule has 0 aliphatic heterocycles. The Bertz CT molecular complexity index is 594. The van der Waals surface area contributed by atoms with E-state index in [1.807, 2.05) is 0 Å². The summed E-state index contributed by atoms with van der Waals surface area (Å²) in [5.41, 5.74) is 1.09. The molecule has 0 saturated heterocycles. The Kier molecular flexibility index (Phi) is 2.97. The van der Waals surface area contributed by atoms with Gasteiger partial charge < -0.3 is 9.63 Å². The first-order valence-electron chi connectivity index (χ1n) is 4.65. The van der Waals surface area contributed by atoms with Crippen LogP contribution in [0, 0.1) is 12.7 Å². The van der Waals surface area contributed by atoms with E-state index in [1.165, 1.54) is 18.2 Å². The standard InChI is InChI=1S/C11H7BrFNO3/c1-5-2-8(13)6(3-7(5)12)9-4-10(11(15)16)17-14-9/h2-4H,1H3,(H,15,16). The molecule has 2 rings (SSSR count). The highest BCUT2D eigenvalue weighted by atomic mass is 79.9. The van der Waals surface area contributed by atoms with Gasteiger partial charge in [0.1, 0.15) is 11.5 Å². The van der Waals surface area contributed by atoms with Gasteiger partial charge in [-0.2, -0.15) is 0 Å². The predicted octanol–water partition coefficient (Wildman–Crippen LogP) is 3.25. The molecule has 0 aliphatic carbocycles. The first kappa shape index (κ1) is 11.8. The van der Waals surface area contributed by atoms with Gasteiger partial charge in [0.25, 0.3) is 0 Å². The molecule has 17 heavy (non-hydrogen) atoms. The Balaban J connectivity index is 2.52. The molecule has 1 heterocycles. The van der Waals surface area contributed by atoms with E-state index in [9.17, 15) is 9.18 Å². The lowest BCUT2D eigenvalue weighted by Crippen LogP contribution is -1.92. The number of aromatic carboxylic acids is 1. The fourth-order valence-corrected chi connectivity index (χ4v) is 1.69. The van der Waals surface area contributed by atoms with Crippen molar-refractivity contribution in [1.29, 1.82) is 0 Å². The molecule has 1 N–H and O–H groups in total. The summed E-state index contributed by atoms with van der Waals surface area (Å²) in [4.78, 5) is 10.6. The number of halogens is 2. The molecule has 0 amide bonds. The van der Waals surface area contributed by atoms with Crippen molar-refractivity contribution in [3.05, 3.63) is 39.8 Å². The molecule has 0 fully saturated rings. The molecule has 0 bridgehead atoms. The Morgan fingerprint density at radius 3 is 2.76 bits per heavy atom. The van der Waals surface area contributed by atoms with Gasteiger partial charge in [-0.3, -0.25) is 0 Å². The van der Waals surface area contributed by atoms with E-state index >= 15 is 0 Å². The normalized spacial score (nSPS) is 10.5. The summed E-state index contributed by atoms with van der Waals surface area (Å²) in [5.74, 6) is -2.04. The van der Waals surface area contributed by atoms with Crippen molar-refractivity contribution in [3.8, 4) is 11.3 Å². The summed E-state index contributed by atoms with van der Waals surface area (Å²) in [6.07, 6.45) is 0. The van der Waals surface area contributed by atoms with Gasteiger partial charge in [-0.15, -0.1) is 0 Å². The number of hydrogen-bond acceptors (Lipinski definition) is 3. The van der Waals surface area contributed by atoms with Gasteiger partial charge in [0.2, 0.25) is 5.76 Å². The van der Waals surface area contributed by atoms with Crippen molar-refractivity contribution in [1.82, 2.24) is 5.16 Å². The van der Waals surface area contributed by atoms with Gasteiger partial charge in [-0.1, -0.05) is 21.1 Å². The third-order valence-electron chi connectivity index (χ3n) is 2.25. The number of aromatic nitrogens is 1. The van der Waals surface area contributed by atoms with Crippen molar-refractivity contribution < 1.29 is 18.8 Å². The summed E-state index contributed by atoms with van der Waals surface area (Å²) in [6, 6.07) is 4.06. The van der Waals surface area contributed by atoms with Crippen LogP contribution in [0.15, 0.2) is 27.2 Å². The third-order valence-corrected chi connectivity index (χ3v) is 3.10. The van der Waals surface area contributed by atoms with E-state index in [4.69, 9.17) is 5.11 Å². The second-order valence-electron chi connectivity index (χ2n) is 3.46. The van der Waals surface area contributed by atoms with Crippen LogP contribution in [0.5, 0.6) is 0 Å². The Labute approximate surface area is 104 Å². The summed E-state index contributed by atoms with van der Waals surface area (Å²) < 4.78 is 19.0. The average Bonchev–Trinajstić information content (AvgIpc) is 2.72. The minimum absolute atomic E-state index is 0.153. The van der Waals surface area contributed by atoms with Crippen LogP contribution in [0.2, 0.25) is 0 Å². The van der Waals surface area contributed by atoms with Crippen molar-refractivity contribution in [2.45, 2.75) is 6.92 Å². The number of aryl methyl sites for hydroxylation is 1. The number of carboxylic acid groups (broad SMARTS) is 1. The maximum absolute atomic E-state index is 13.7. The van der Waals surface area contributed by atoms with E-state index in [1.54, 1.807) is 6.92 Å². The third kappa shape index (κ3) is 2.21. The molecule has 0 radical (unpaired) electrons. The van der Waals surface area contributed by atoms with Crippen LogP contribution in [0.4, 0.5) is 4.39 Å². The molecule has 0 saturated carbocycles. The van der Waals surface area contributed by atoms with E-state index in [0.29, 0.717) is 4.47 Å². The number of carbonyl (C=O) groups is 1. The van der Waals surface area contributed by atoms with Crippen molar-refractivity contribution >= 4 is 21.9 Å². The summed E-state index contributed by atoms with van der Waals surface area (Å²) in [7, 11) is 0. The number of benzene rings is 1. The quantitative estimate of drug-likeness (QED) is 0.924. The fourth-order valence-electron chi connectivity index (χ4n) is 1.35. The monoisotopic (exact) mass is 299 g/mol. The second kappa shape index (κ2) is 4.29. The van der Waals surface area contributed by atoms with Crippen LogP contribution in [-0.4, -0.2) is 16.2 Å². The van der Waals surface area contributed by atoms with Crippen LogP contribution >= 0.6 is 15.9 Å². The van der Waals surface area contributed by atoms with Gasteiger partial charge in [0.15, 0.2) is 0 Å². The smallest absolute Gasteiger partial charge is 0.374 e. The molecule has 0 spiro atoms. The minimum Gasteiger partial charge on any atom is -0.475 e. The van der Waals surface area contributed by atoms with Crippen LogP contribution in [-0.2, 0) is 0 Å². The lowest BCUT2D eigenvalue weighted by molar-refractivity contribution is 0.0652. The lowest BCUT2D eigenvalue weighted by Gasteiger charge is -2.02. The van der Waals surface area contributed by atoms with Gasteiger partial charge in [0.05, 0.1) is 0 Å². The molecular weight excluding hydrogens is 293 g/mol. The Morgan fingerprint density at radius 2 is 2.18 bits per heavy atom. The molecule has 1 aromatic heterocycles. The molecule has 1 aromatic carbocycles. The zero-order chi connectivity index (χ0) is 12.6. The van der Waals surface area contributed by atoms with E-state index < -0.39 is 11.8 Å². The van der Waals surface area contributed by atoms with Crippen molar-refractivity contribution in [3.63, 3.8) is 0 Å². The van der Waals surface area contributed by atoms with E-state index in [0.717, 1.165) is 5.56 Å². The molecule has 0 unspecified atom stereocenters. The molecule has 0 atom stereocenters. The maximum atomic E-state index is 13.7. The average molecular weight is 300 g/mol. The van der Waals surface area contributed by atoms with Gasteiger partial charge >= 0.3 is 5.97 Å². The first-order chi connectivity index (χ1) is 7.99. The molecule has 4 nitrogen and oxygen atoms in total. The van der Waals surface area contributed by atoms with Crippen LogP contribution in [0.25, 0.3) is 11.3 Å². The maximum Gasteiger partial charge on any atom is 0.374 e. The van der Waals surface area contributed by atoms with Gasteiger partial charge in [0, 0.05) is 16.1 Å². The van der Waals surface area contributed by atoms with E-state index in [2.05, 4.69) is 25.6 Å². The summed E-state index contributed by atoms with van der Waals surface area (Å²) >= 11 is 3.27. The number of rotatable bonds is 2. The molecular formula is C11H7BrFNO3. The van der Waals surface area contributed by atoms with Crippen LogP contribution in [0.1, 0.15) is 16.1 Å².